The Morgan fingerprint density at radius 2 is 1.85 bits per heavy atom. The van der Waals surface area contributed by atoms with Crippen LogP contribution in [0.1, 0.15) is 10.4 Å². The molecule has 0 fully saturated rings. The van der Waals surface area contributed by atoms with E-state index in [1.165, 1.54) is 12.1 Å². The molecule has 20 heavy (non-hydrogen) atoms. The van der Waals surface area contributed by atoms with Gasteiger partial charge < -0.3 is 10.5 Å². The van der Waals surface area contributed by atoms with Crippen molar-refractivity contribution < 1.29 is 18.3 Å². The highest BCUT2D eigenvalue weighted by atomic mass is 79.9. The Labute approximate surface area is 130 Å². The molecule has 0 atom stereocenters. The predicted molar refractivity (Wildman–Crippen MR) is 76.8 cm³/mol. The fraction of sp³-hybridized carbons (Fsp3) is 0. The van der Waals surface area contributed by atoms with E-state index in [1.54, 1.807) is 12.1 Å². The number of rotatable bonds is 3. The second-order valence-electron chi connectivity index (χ2n) is 3.78. The molecule has 2 N–H and O–H groups in total. The summed E-state index contributed by atoms with van der Waals surface area (Å²) in [5.74, 6) is -3.28. The van der Waals surface area contributed by atoms with Gasteiger partial charge in [0.25, 0.3) is 5.91 Å². The third kappa shape index (κ3) is 2.99. The van der Waals surface area contributed by atoms with Gasteiger partial charge in [-0.15, -0.1) is 0 Å². The summed E-state index contributed by atoms with van der Waals surface area (Å²) in [7, 11) is 0. The van der Waals surface area contributed by atoms with Crippen LogP contribution in [-0.2, 0) is 0 Å². The number of benzene rings is 2. The van der Waals surface area contributed by atoms with Gasteiger partial charge in [0.15, 0.2) is 11.6 Å². The SMILES string of the molecule is NC(=O)c1c(Br)cccc1Oc1cc(Br)cc(F)c1F. The summed E-state index contributed by atoms with van der Waals surface area (Å²) >= 11 is 6.19. The molecule has 104 valence electrons. The van der Waals surface area contributed by atoms with Crippen LogP contribution in [0.4, 0.5) is 8.78 Å². The standard InChI is InChI=1S/C13H7Br2F2NO2/c14-6-4-8(16)12(17)10(5-6)20-9-3-1-2-7(15)11(9)13(18)19/h1-5H,(H2,18,19). The minimum Gasteiger partial charge on any atom is -0.453 e. The summed E-state index contributed by atoms with van der Waals surface area (Å²) in [4.78, 5) is 11.4. The molecule has 0 bridgehead atoms. The van der Waals surface area contributed by atoms with Crippen molar-refractivity contribution >= 4 is 37.8 Å². The quantitative estimate of drug-likeness (QED) is 0.769. The van der Waals surface area contributed by atoms with Crippen LogP contribution >= 0.6 is 31.9 Å². The van der Waals surface area contributed by atoms with Crippen molar-refractivity contribution in [3.8, 4) is 11.5 Å². The molecule has 0 aliphatic heterocycles. The lowest BCUT2D eigenvalue weighted by atomic mass is 10.2. The molecule has 0 aliphatic rings. The normalized spacial score (nSPS) is 10.4. The number of carbonyl (C=O) groups excluding carboxylic acids is 1. The lowest BCUT2D eigenvalue weighted by Crippen LogP contribution is -2.13. The summed E-state index contributed by atoms with van der Waals surface area (Å²) in [6, 6.07) is 6.83. The Morgan fingerprint density at radius 3 is 2.50 bits per heavy atom. The van der Waals surface area contributed by atoms with E-state index in [0.717, 1.165) is 6.07 Å². The van der Waals surface area contributed by atoms with E-state index in [1.807, 2.05) is 0 Å². The smallest absolute Gasteiger partial charge is 0.253 e. The molecular formula is C13H7Br2F2NO2. The number of nitrogens with two attached hydrogens (primary N) is 1. The molecule has 0 radical (unpaired) electrons. The van der Waals surface area contributed by atoms with Crippen molar-refractivity contribution in [2.24, 2.45) is 5.73 Å². The van der Waals surface area contributed by atoms with Gasteiger partial charge in [0.2, 0.25) is 5.82 Å². The summed E-state index contributed by atoms with van der Waals surface area (Å²) in [5, 5.41) is 0. The molecule has 3 nitrogen and oxygen atoms in total. The zero-order chi connectivity index (χ0) is 14.9. The molecule has 0 saturated carbocycles. The molecule has 0 spiro atoms. The third-order valence-electron chi connectivity index (χ3n) is 2.40. The molecule has 0 saturated heterocycles. The maximum absolute atomic E-state index is 13.7. The number of hydrogen-bond donors (Lipinski definition) is 1. The Balaban J connectivity index is 2.51. The Morgan fingerprint density at radius 1 is 1.15 bits per heavy atom. The van der Waals surface area contributed by atoms with Crippen molar-refractivity contribution in [3.63, 3.8) is 0 Å². The minimum absolute atomic E-state index is 0.0308. The van der Waals surface area contributed by atoms with Crippen molar-refractivity contribution in [3.05, 3.63) is 56.5 Å². The highest BCUT2D eigenvalue weighted by Gasteiger charge is 2.17. The molecule has 0 heterocycles. The maximum atomic E-state index is 13.7. The van der Waals surface area contributed by atoms with E-state index in [2.05, 4.69) is 31.9 Å². The minimum atomic E-state index is -1.15. The van der Waals surface area contributed by atoms with E-state index in [4.69, 9.17) is 10.5 Å². The molecule has 2 aromatic carbocycles. The average molecular weight is 407 g/mol. The second-order valence-corrected chi connectivity index (χ2v) is 5.55. The molecule has 0 aliphatic carbocycles. The van der Waals surface area contributed by atoms with Crippen LogP contribution < -0.4 is 10.5 Å². The van der Waals surface area contributed by atoms with Crippen LogP contribution in [-0.4, -0.2) is 5.91 Å². The van der Waals surface area contributed by atoms with Gasteiger partial charge in [-0.2, -0.15) is 4.39 Å². The number of amides is 1. The summed E-state index contributed by atoms with van der Waals surface area (Å²) in [5.41, 5.74) is 5.29. The van der Waals surface area contributed by atoms with Crippen LogP contribution in [0.3, 0.4) is 0 Å². The summed E-state index contributed by atoms with van der Waals surface area (Å²) < 4.78 is 32.9. The first kappa shape index (κ1) is 14.9. The van der Waals surface area contributed by atoms with E-state index in [0.29, 0.717) is 8.95 Å². The number of hydrogen-bond acceptors (Lipinski definition) is 2. The van der Waals surface area contributed by atoms with Gasteiger partial charge >= 0.3 is 0 Å². The van der Waals surface area contributed by atoms with E-state index >= 15 is 0 Å². The Bertz CT molecular complexity index is 692. The van der Waals surface area contributed by atoms with Gasteiger partial charge in [-0.05, 0) is 40.2 Å². The predicted octanol–water partition coefficient (Wildman–Crippen LogP) is 4.38. The lowest BCUT2D eigenvalue weighted by molar-refractivity contribution is 0.0997. The molecular weight excluding hydrogens is 400 g/mol. The van der Waals surface area contributed by atoms with Crippen LogP contribution in [0, 0.1) is 11.6 Å². The van der Waals surface area contributed by atoms with Crippen LogP contribution in [0.5, 0.6) is 11.5 Å². The second kappa shape index (κ2) is 5.88. The first-order valence-corrected chi connectivity index (χ1v) is 6.89. The molecule has 1 amide bonds. The molecule has 2 aromatic rings. The Hall–Kier alpha value is -1.47. The Kier molecular flexibility index (Phi) is 4.39. The fourth-order valence-electron chi connectivity index (χ4n) is 1.55. The van der Waals surface area contributed by atoms with Crippen molar-refractivity contribution in [2.75, 3.05) is 0 Å². The van der Waals surface area contributed by atoms with Crippen molar-refractivity contribution in [2.45, 2.75) is 0 Å². The highest BCUT2D eigenvalue weighted by Crippen LogP contribution is 2.33. The molecule has 7 heteroatoms. The first-order valence-electron chi connectivity index (χ1n) is 5.31. The average Bonchev–Trinajstić information content (AvgIpc) is 2.35. The van der Waals surface area contributed by atoms with E-state index in [-0.39, 0.29) is 17.1 Å². The first-order chi connectivity index (χ1) is 9.40. The van der Waals surface area contributed by atoms with Crippen molar-refractivity contribution in [1.82, 2.24) is 0 Å². The van der Waals surface area contributed by atoms with Gasteiger partial charge in [0.05, 0.1) is 5.56 Å². The summed E-state index contributed by atoms with van der Waals surface area (Å²) in [6.07, 6.45) is 0. The fourth-order valence-corrected chi connectivity index (χ4v) is 2.51. The lowest BCUT2D eigenvalue weighted by Gasteiger charge is -2.11. The van der Waals surface area contributed by atoms with Crippen LogP contribution in [0.2, 0.25) is 0 Å². The monoisotopic (exact) mass is 405 g/mol. The van der Waals surface area contributed by atoms with E-state index < -0.39 is 17.5 Å². The van der Waals surface area contributed by atoms with Gasteiger partial charge in [-0.1, -0.05) is 22.0 Å². The largest absolute Gasteiger partial charge is 0.453 e. The van der Waals surface area contributed by atoms with Crippen LogP contribution in [0.15, 0.2) is 39.3 Å². The molecule has 2 rings (SSSR count). The van der Waals surface area contributed by atoms with E-state index in [9.17, 15) is 13.6 Å². The number of ether oxygens (including phenoxy) is 1. The van der Waals surface area contributed by atoms with Gasteiger partial charge in [-0.3, -0.25) is 4.79 Å². The molecule has 0 unspecified atom stereocenters. The van der Waals surface area contributed by atoms with Gasteiger partial charge in [0, 0.05) is 8.95 Å². The van der Waals surface area contributed by atoms with Gasteiger partial charge in [0.1, 0.15) is 5.75 Å². The number of halogens is 4. The maximum Gasteiger partial charge on any atom is 0.253 e. The number of primary amides is 1. The zero-order valence-corrected chi connectivity index (χ0v) is 13.0. The number of carbonyl (C=O) groups is 1. The topological polar surface area (TPSA) is 52.3 Å². The zero-order valence-electron chi connectivity index (χ0n) is 9.79. The highest BCUT2D eigenvalue weighted by molar-refractivity contribution is 9.10. The molecule has 0 aromatic heterocycles. The van der Waals surface area contributed by atoms with Gasteiger partial charge in [-0.25, -0.2) is 4.39 Å². The van der Waals surface area contributed by atoms with Crippen molar-refractivity contribution in [1.29, 1.82) is 0 Å². The van der Waals surface area contributed by atoms with Crippen LogP contribution in [0.25, 0.3) is 0 Å². The summed E-state index contributed by atoms with van der Waals surface area (Å²) in [6.45, 7) is 0. The third-order valence-corrected chi connectivity index (χ3v) is 3.52.